The summed E-state index contributed by atoms with van der Waals surface area (Å²) < 4.78 is 37.7. The van der Waals surface area contributed by atoms with Crippen LogP contribution in [0.2, 0.25) is 0 Å². The Morgan fingerprint density at radius 2 is 1.96 bits per heavy atom. The molecule has 0 spiro atoms. The zero-order valence-electron chi connectivity index (χ0n) is 14.9. The molecule has 0 amide bonds. The molecule has 2 bridgehead atoms. The lowest BCUT2D eigenvalue weighted by Gasteiger charge is -2.41. The van der Waals surface area contributed by atoms with Crippen LogP contribution in [0.1, 0.15) is 41.0 Å². The normalized spacial score (nSPS) is 35.7. The van der Waals surface area contributed by atoms with E-state index in [0.29, 0.717) is 0 Å². The topological polar surface area (TPSA) is 93.1 Å². The smallest absolute Gasteiger partial charge is 0.335 e. The first-order valence-electron chi connectivity index (χ1n) is 8.04. The van der Waals surface area contributed by atoms with Gasteiger partial charge in [0, 0.05) is 11.1 Å². The van der Waals surface area contributed by atoms with Gasteiger partial charge in [-0.25, -0.2) is 13.2 Å². The van der Waals surface area contributed by atoms with Gasteiger partial charge in [0.25, 0.3) is 0 Å². The lowest BCUT2D eigenvalue weighted by atomic mass is 9.80. The minimum Gasteiger partial charge on any atom is -0.435 e. The van der Waals surface area contributed by atoms with E-state index in [1.807, 2.05) is 27.7 Å². The number of aliphatic hydroxyl groups excluding tert-OH is 1. The van der Waals surface area contributed by atoms with Crippen LogP contribution in [0.4, 0.5) is 0 Å². The van der Waals surface area contributed by atoms with Gasteiger partial charge in [-0.05, 0) is 40.0 Å². The fourth-order valence-corrected chi connectivity index (χ4v) is 6.57. The third kappa shape index (κ3) is 3.24. The van der Waals surface area contributed by atoms with Gasteiger partial charge in [-0.1, -0.05) is 13.5 Å². The van der Waals surface area contributed by atoms with Crippen molar-refractivity contribution in [1.29, 1.82) is 0 Å². The first kappa shape index (κ1) is 19.4. The number of nitrogens with zero attached hydrogens (tertiary/aromatic N) is 1. The van der Waals surface area contributed by atoms with Crippen molar-refractivity contribution in [3.8, 4) is 0 Å². The van der Waals surface area contributed by atoms with Gasteiger partial charge in [0.2, 0.25) is 10.0 Å². The van der Waals surface area contributed by atoms with Crippen LogP contribution in [0.25, 0.3) is 0 Å². The van der Waals surface area contributed by atoms with E-state index < -0.39 is 45.0 Å². The summed E-state index contributed by atoms with van der Waals surface area (Å²) in [5.74, 6) is -0.766. The molecule has 1 saturated heterocycles. The van der Waals surface area contributed by atoms with Crippen LogP contribution in [0.15, 0.2) is 12.2 Å². The molecule has 138 valence electrons. The molecule has 7 nitrogen and oxygen atoms in total. The van der Waals surface area contributed by atoms with Crippen molar-refractivity contribution in [2.24, 2.45) is 5.92 Å². The number of hydrogen-bond donors (Lipinski definition) is 1. The summed E-state index contributed by atoms with van der Waals surface area (Å²) in [6, 6.07) is -0.493. The van der Waals surface area contributed by atoms with Gasteiger partial charge in [-0.3, -0.25) is 0 Å². The van der Waals surface area contributed by atoms with E-state index in [2.05, 4.69) is 6.58 Å². The van der Waals surface area contributed by atoms with E-state index >= 15 is 0 Å². The van der Waals surface area contributed by atoms with E-state index in [1.165, 1.54) is 11.2 Å². The van der Waals surface area contributed by atoms with Crippen LogP contribution in [-0.2, 0) is 24.3 Å². The molecule has 1 saturated carbocycles. The zero-order valence-corrected chi connectivity index (χ0v) is 15.7. The molecular weight excluding hydrogens is 334 g/mol. The van der Waals surface area contributed by atoms with Gasteiger partial charge in [0.15, 0.2) is 6.79 Å². The van der Waals surface area contributed by atoms with E-state index in [-0.39, 0.29) is 24.7 Å². The number of carbonyl (C=O) groups excluding carboxylic acids is 1. The highest BCUT2D eigenvalue weighted by Gasteiger charge is 2.62. The number of sulfonamides is 1. The Morgan fingerprint density at radius 3 is 2.46 bits per heavy atom. The molecule has 1 N–H and O–H groups in total. The summed E-state index contributed by atoms with van der Waals surface area (Å²) in [5, 5.41) is 9.77. The van der Waals surface area contributed by atoms with E-state index in [0.717, 1.165) is 0 Å². The number of esters is 1. The van der Waals surface area contributed by atoms with Crippen molar-refractivity contribution >= 4 is 16.0 Å². The molecule has 8 heteroatoms. The van der Waals surface area contributed by atoms with Gasteiger partial charge in [0.1, 0.15) is 6.10 Å². The second kappa shape index (κ2) is 6.40. The van der Waals surface area contributed by atoms with Gasteiger partial charge >= 0.3 is 5.97 Å². The summed E-state index contributed by atoms with van der Waals surface area (Å²) in [6.45, 7) is 12.0. The molecule has 1 aliphatic heterocycles. The SMILES string of the molecule is C=C(C)C(=O)OCOC1C(O)CC2C(C)C1N(C(C)(C)C)S2(=O)=O. The highest BCUT2D eigenvalue weighted by Crippen LogP contribution is 2.46. The predicted molar refractivity (Wildman–Crippen MR) is 88.5 cm³/mol. The summed E-state index contributed by atoms with van der Waals surface area (Å²) in [5.41, 5.74) is -0.386. The minimum atomic E-state index is -3.52. The minimum absolute atomic E-state index is 0.117. The van der Waals surface area contributed by atoms with E-state index in [4.69, 9.17) is 9.47 Å². The van der Waals surface area contributed by atoms with Gasteiger partial charge in [0.05, 0.1) is 17.4 Å². The highest BCUT2D eigenvalue weighted by molar-refractivity contribution is 7.90. The maximum atomic E-state index is 12.9. The van der Waals surface area contributed by atoms with Gasteiger partial charge < -0.3 is 14.6 Å². The Morgan fingerprint density at radius 1 is 1.38 bits per heavy atom. The van der Waals surface area contributed by atoms with Gasteiger partial charge in [-0.15, -0.1) is 0 Å². The average Bonchev–Trinajstić information content (AvgIpc) is 2.56. The molecule has 1 aliphatic carbocycles. The molecule has 24 heavy (non-hydrogen) atoms. The largest absolute Gasteiger partial charge is 0.435 e. The number of ether oxygens (including phenoxy) is 2. The quantitative estimate of drug-likeness (QED) is 0.457. The molecule has 0 aromatic heterocycles. The first-order valence-corrected chi connectivity index (χ1v) is 9.55. The molecule has 0 aromatic rings. The Hall–Kier alpha value is -0.960. The number of hydrogen-bond acceptors (Lipinski definition) is 6. The highest BCUT2D eigenvalue weighted by atomic mass is 32.2. The second-order valence-electron chi connectivity index (χ2n) is 7.66. The standard InChI is InChI=1S/C16H27NO6S/c1-9(2)15(19)23-8-22-14-11(18)7-12-10(3)13(14)17(16(4,5)6)24(12,20)21/h10-14,18H,1,7-8H2,2-6H3. The molecule has 5 atom stereocenters. The third-order valence-electron chi connectivity index (χ3n) is 4.70. The van der Waals surface area contributed by atoms with E-state index in [9.17, 15) is 18.3 Å². The van der Waals surface area contributed by atoms with Crippen molar-refractivity contribution in [3.63, 3.8) is 0 Å². The van der Waals surface area contributed by atoms with Crippen LogP contribution in [0, 0.1) is 5.92 Å². The Balaban J connectivity index is 2.23. The monoisotopic (exact) mass is 361 g/mol. The molecule has 2 aliphatic rings. The number of rotatable bonds is 4. The van der Waals surface area contributed by atoms with E-state index in [1.54, 1.807) is 0 Å². The summed E-state index contributed by atoms with van der Waals surface area (Å²) in [6.07, 6.45) is -1.56. The maximum Gasteiger partial charge on any atom is 0.335 e. The number of carbonyl (C=O) groups is 1. The maximum absolute atomic E-state index is 12.9. The second-order valence-corrected chi connectivity index (χ2v) is 9.69. The summed E-state index contributed by atoms with van der Waals surface area (Å²) in [4.78, 5) is 11.4. The number of fused-ring (bicyclic) bond motifs is 2. The van der Waals surface area contributed by atoms with Crippen molar-refractivity contribution < 1.29 is 27.8 Å². The lowest BCUT2D eigenvalue weighted by molar-refractivity contribution is -0.175. The Bertz CT molecular complexity index is 623. The van der Waals surface area contributed by atoms with Crippen LogP contribution in [0.5, 0.6) is 0 Å². The predicted octanol–water partition coefficient (Wildman–Crippen LogP) is 1.03. The molecule has 2 fully saturated rings. The van der Waals surface area contributed by atoms with Crippen LogP contribution in [0.3, 0.4) is 0 Å². The molecule has 1 heterocycles. The van der Waals surface area contributed by atoms with Crippen LogP contribution < -0.4 is 0 Å². The molecule has 5 unspecified atom stereocenters. The fraction of sp³-hybridized carbons (Fsp3) is 0.812. The van der Waals surface area contributed by atoms with Gasteiger partial charge in [-0.2, -0.15) is 4.31 Å². The van der Waals surface area contributed by atoms with Crippen LogP contribution in [-0.4, -0.2) is 59.6 Å². The molecular formula is C16H27NO6S. The number of aliphatic hydroxyl groups is 1. The van der Waals surface area contributed by atoms with Crippen molar-refractivity contribution in [2.45, 2.75) is 70.1 Å². The molecule has 2 rings (SSSR count). The van der Waals surface area contributed by atoms with Crippen molar-refractivity contribution in [1.82, 2.24) is 4.31 Å². The third-order valence-corrected chi connectivity index (χ3v) is 7.43. The fourth-order valence-electron chi connectivity index (χ4n) is 3.72. The zero-order chi connectivity index (χ0) is 18.4. The Labute approximate surface area is 143 Å². The van der Waals surface area contributed by atoms with Crippen LogP contribution >= 0.6 is 0 Å². The van der Waals surface area contributed by atoms with Crippen molar-refractivity contribution in [2.75, 3.05) is 6.79 Å². The molecule has 0 radical (unpaired) electrons. The molecule has 0 aromatic carbocycles. The lowest BCUT2D eigenvalue weighted by Crippen LogP contribution is -2.56. The Kier molecular flexibility index (Phi) is 5.17. The average molecular weight is 361 g/mol. The first-order chi connectivity index (χ1) is 10.9. The van der Waals surface area contributed by atoms with Crippen molar-refractivity contribution in [3.05, 3.63) is 12.2 Å². The summed E-state index contributed by atoms with van der Waals surface area (Å²) >= 11 is 0. The summed E-state index contributed by atoms with van der Waals surface area (Å²) in [7, 11) is -3.52.